The SMILES string of the molecule is C=CC[C@@H]1[C@@H](CN(CCCC)C(=O)OC)O[C@H](C(C)(C)C)N1C(=O)OC. The minimum Gasteiger partial charge on any atom is -0.453 e. The summed E-state index contributed by atoms with van der Waals surface area (Å²) in [4.78, 5) is 27.9. The molecule has 0 unspecified atom stereocenters. The van der Waals surface area contributed by atoms with Gasteiger partial charge in [0.1, 0.15) is 6.23 Å². The summed E-state index contributed by atoms with van der Waals surface area (Å²) in [7, 11) is 2.74. The van der Waals surface area contributed by atoms with E-state index in [1.807, 2.05) is 20.8 Å². The Bertz CT molecular complexity index is 489. The second-order valence-corrected chi connectivity index (χ2v) is 7.63. The fourth-order valence-corrected chi connectivity index (χ4v) is 3.19. The van der Waals surface area contributed by atoms with Gasteiger partial charge >= 0.3 is 12.2 Å². The van der Waals surface area contributed by atoms with Crippen molar-refractivity contribution in [2.24, 2.45) is 5.41 Å². The molecule has 1 aliphatic rings. The van der Waals surface area contributed by atoms with E-state index in [1.54, 1.807) is 15.9 Å². The highest BCUT2D eigenvalue weighted by molar-refractivity contribution is 5.69. The van der Waals surface area contributed by atoms with Crippen molar-refractivity contribution in [2.45, 2.75) is 65.3 Å². The molecule has 0 saturated carbocycles. The number of hydrogen-bond acceptors (Lipinski definition) is 5. The number of nitrogens with zero attached hydrogens (tertiary/aromatic N) is 2. The van der Waals surface area contributed by atoms with Crippen LogP contribution in [0.15, 0.2) is 12.7 Å². The molecule has 0 bridgehead atoms. The number of carbonyl (C=O) groups is 2. The van der Waals surface area contributed by atoms with E-state index in [0.29, 0.717) is 19.5 Å². The van der Waals surface area contributed by atoms with Crippen LogP contribution in [0.25, 0.3) is 0 Å². The lowest BCUT2D eigenvalue weighted by molar-refractivity contribution is -0.0671. The molecule has 3 atom stereocenters. The Labute approximate surface area is 157 Å². The number of hydrogen-bond donors (Lipinski definition) is 0. The van der Waals surface area contributed by atoms with Crippen LogP contribution in [0.4, 0.5) is 9.59 Å². The van der Waals surface area contributed by atoms with Gasteiger partial charge in [-0.25, -0.2) is 9.59 Å². The number of methoxy groups -OCH3 is 2. The maximum Gasteiger partial charge on any atom is 0.411 e. The highest BCUT2D eigenvalue weighted by atomic mass is 16.6. The third kappa shape index (κ3) is 5.37. The first-order chi connectivity index (χ1) is 12.2. The fourth-order valence-electron chi connectivity index (χ4n) is 3.19. The standard InChI is InChI=1S/C19H34N2O5/c1-8-10-12-20(17(22)24-6)13-15-14(11-9-2)21(18(23)25-7)16(26-15)19(3,4)5/h9,14-16H,2,8,10-13H2,1,3-7H3/t14-,15-,16-/m1/s1. The normalized spacial score (nSPS) is 22.8. The molecule has 7 heteroatoms. The summed E-state index contributed by atoms with van der Waals surface area (Å²) in [6.45, 7) is 12.8. The molecule has 1 aliphatic heterocycles. The van der Waals surface area contributed by atoms with Gasteiger partial charge in [0, 0.05) is 12.0 Å². The number of carbonyl (C=O) groups excluding carboxylic acids is 2. The van der Waals surface area contributed by atoms with Gasteiger partial charge < -0.3 is 19.1 Å². The van der Waals surface area contributed by atoms with Crippen LogP contribution < -0.4 is 0 Å². The van der Waals surface area contributed by atoms with Crippen LogP contribution in [0.1, 0.15) is 47.0 Å². The molecule has 2 amide bonds. The molecule has 1 fully saturated rings. The first-order valence-corrected chi connectivity index (χ1v) is 9.16. The van der Waals surface area contributed by atoms with Gasteiger partial charge in [0.15, 0.2) is 0 Å². The van der Waals surface area contributed by atoms with E-state index >= 15 is 0 Å². The quantitative estimate of drug-likeness (QED) is 0.640. The topological polar surface area (TPSA) is 68.3 Å². The molecule has 7 nitrogen and oxygen atoms in total. The average Bonchev–Trinajstić information content (AvgIpc) is 2.96. The number of unbranched alkanes of at least 4 members (excludes halogenated alkanes) is 1. The van der Waals surface area contributed by atoms with Gasteiger partial charge in [0.05, 0.1) is 32.9 Å². The smallest absolute Gasteiger partial charge is 0.411 e. The summed E-state index contributed by atoms with van der Waals surface area (Å²) in [5.74, 6) is 0. The summed E-state index contributed by atoms with van der Waals surface area (Å²) in [6, 6.07) is -0.252. The Morgan fingerprint density at radius 1 is 1.27 bits per heavy atom. The minimum atomic E-state index is -0.449. The van der Waals surface area contributed by atoms with Crippen molar-refractivity contribution in [3.8, 4) is 0 Å². The molecule has 150 valence electrons. The van der Waals surface area contributed by atoms with Crippen LogP contribution in [-0.2, 0) is 14.2 Å². The van der Waals surface area contributed by atoms with Crippen molar-refractivity contribution in [1.82, 2.24) is 9.80 Å². The Kier molecular flexibility index (Phi) is 8.40. The molecule has 0 N–H and O–H groups in total. The molecule has 0 spiro atoms. The lowest BCUT2D eigenvalue weighted by Gasteiger charge is -2.34. The zero-order valence-electron chi connectivity index (χ0n) is 17.0. The second kappa shape index (κ2) is 9.80. The van der Waals surface area contributed by atoms with Gasteiger partial charge in [0.25, 0.3) is 0 Å². The van der Waals surface area contributed by atoms with Crippen molar-refractivity contribution >= 4 is 12.2 Å². The van der Waals surface area contributed by atoms with Gasteiger partial charge in [-0.2, -0.15) is 0 Å². The third-order valence-electron chi connectivity index (χ3n) is 4.49. The summed E-state index contributed by atoms with van der Waals surface area (Å²) in [6.07, 6.45) is 2.54. The van der Waals surface area contributed by atoms with Crippen molar-refractivity contribution < 1.29 is 23.8 Å². The zero-order chi connectivity index (χ0) is 19.9. The Morgan fingerprint density at radius 2 is 1.92 bits per heavy atom. The van der Waals surface area contributed by atoms with E-state index in [0.717, 1.165) is 12.8 Å². The van der Waals surface area contributed by atoms with Crippen LogP contribution in [0.5, 0.6) is 0 Å². The number of rotatable bonds is 7. The molecule has 26 heavy (non-hydrogen) atoms. The van der Waals surface area contributed by atoms with Gasteiger partial charge in [0.2, 0.25) is 0 Å². The maximum absolute atomic E-state index is 12.4. The molecule has 0 aromatic rings. The van der Waals surface area contributed by atoms with Crippen molar-refractivity contribution in [3.05, 3.63) is 12.7 Å². The molecule has 0 aliphatic carbocycles. The average molecular weight is 370 g/mol. The highest BCUT2D eigenvalue weighted by Crippen LogP contribution is 2.37. The molecule has 1 saturated heterocycles. The van der Waals surface area contributed by atoms with Gasteiger partial charge in [-0.3, -0.25) is 4.90 Å². The van der Waals surface area contributed by atoms with Crippen LogP contribution >= 0.6 is 0 Å². The lowest BCUT2D eigenvalue weighted by atomic mass is 9.93. The Balaban J connectivity index is 3.11. The molecule has 0 aromatic carbocycles. The van der Waals surface area contributed by atoms with Gasteiger partial charge in [-0.05, 0) is 12.8 Å². The number of ether oxygens (including phenoxy) is 3. The first kappa shape index (κ1) is 22.3. The van der Waals surface area contributed by atoms with Crippen molar-refractivity contribution in [3.63, 3.8) is 0 Å². The Morgan fingerprint density at radius 3 is 2.38 bits per heavy atom. The highest BCUT2D eigenvalue weighted by Gasteiger charge is 2.50. The predicted molar refractivity (Wildman–Crippen MR) is 99.8 cm³/mol. The van der Waals surface area contributed by atoms with E-state index in [1.165, 1.54) is 14.2 Å². The van der Waals surface area contributed by atoms with E-state index in [2.05, 4.69) is 13.5 Å². The van der Waals surface area contributed by atoms with Crippen LogP contribution in [0.2, 0.25) is 0 Å². The maximum atomic E-state index is 12.4. The lowest BCUT2D eigenvalue weighted by Crippen LogP contribution is -2.49. The molecular weight excluding hydrogens is 336 g/mol. The van der Waals surface area contributed by atoms with E-state index in [9.17, 15) is 9.59 Å². The van der Waals surface area contributed by atoms with Crippen LogP contribution in [-0.4, -0.2) is 67.7 Å². The number of amides is 2. The first-order valence-electron chi connectivity index (χ1n) is 9.16. The van der Waals surface area contributed by atoms with Crippen LogP contribution in [0.3, 0.4) is 0 Å². The minimum absolute atomic E-state index is 0.252. The fraction of sp³-hybridized carbons (Fsp3) is 0.789. The molecular formula is C19H34N2O5. The van der Waals surface area contributed by atoms with E-state index in [-0.39, 0.29) is 23.7 Å². The predicted octanol–water partition coefficient (Wildman–Crippen LogP) is 3.64. The summed E-state index contributed by atoms with van der Waals surface area (Å²) in [5, 5.41) is 0. The molecule has 0 radical (unpaired) electrons. The summed E-state index contributed by atoms with van der Waals surface area (Å²) in [5.41, 5.74) is -0.304. The van der Waals surface area contributed by atoms with Gasteiger partial charge in [-0.15, -0.1) is 6.58 Å². The van der Waals surface area contributed by atoms with Crippen molar-refractivity contribution in [2.75, 3.05) is 27.3 Å². The second-order valence-electron chi connectivity index (χ2n) is 7.63. The summed E-state index contributed by atoms with van der Waals surface area (Å²) >= 11 is 0. The van der Waals surface area contributed by atoms with E-state index < -0.39 is 12.3 Å². The van der Waals surface area contributed by atoms with Gasteiger partial charge in [-0.1, -0.05) is 40.2 Å². The van der Waals surface area contributed by atoms with Crippen LogP contribution in [0, 0.1) is 5.41 Å². The summed E-state index contributed by atoms with van der Waals surface area (Å²) < 4.78 is 16.2. The van der Waals surface area contributed by atoms with Crippen molar-refractivity contribution in [1.29, 1.82) is 0 Å². The Hall–Kier alpha value is -1.76. The largest absolute Gasteiger partial charge is 0.453 e. The third-order valence-corrected chi connectivity index (χ3v) is 4.49. The molecule has 1 rings (SSSR count). The monoisotopic (exact) mass is 370 g/mol. The molecule has 1 heterocycles. The van der Waals surface area contributed by atoms with E-state index in [4.69, 9.17) is 14.2 Å². The molecule has 0 aromatic heterocycles. The zero-order valence-corrected chi connectivity index (χ0v) is 17.0.